The van der Waals surface area contributed by atoms with Gasteiger partial charge >= 0.3 is 0 Å². The van der Waals surface area contributed by atoms with E-state index in [1.54, 1.807) is 30.3 Å². The van der Waals surface area contributed by atoms with Gasteiger partial charge in [0, 0.05) is 36.7 Å². The topological polar surface area (TPSA) is 59.2 Å². The molecule has 0 radical (unpaired) electrons. The van der Waals surface area contributed by atoms with E-state index in [9.17, 15) is 4.79 Å². The van der Waals surface area contributed by atoms with Crippen molar-refractivity contribution in [1.82, 2.24) is 9.88 Å². The highest BCUT2D eigenvalue weighted by Gasteiger charge is 2.12. The quantitative estimate of drug-likeness (QED) is 0.856. The predicted octanol–water partition coefficient (Wildman–Crippen LogP) is 2.24. The van der Waals surface area contributed by atoms with E-state index < -0.39 is 0 Å². The Labute approximate surface area is 112 Å². The zero-order valence-electron chi connectivity index (χ0n) is 11.1. The van der Waals surface area contributed by atoms with Crippen LogP contribution in [0.1, 0.15) is 21.6 Å². The highest BCUT2D eigenvalue weighted by atomic mass is 16.2. The van der Waals surface area contributed by atoms with Gasteiger partial charge in [-0.25, -0.2) is 0 Å². The number of carbonyl (C=O) groups is 1. The van der Waals surface area contributed by atoms with E-state index >= 15 is 0 Å². The Morgan fingerprint density at radius 2 is 1.95 bits per heavy atom. The Morgan fingerprint density at radius 3 is 2.58 bits per heavy atom. The van der Waals surface area contributed by atoms with Crippen LogP contribution in [0.15, 0.2) is 42.6 Å². The molecule has 2 rings (SSSR count). The lowest BCUT2D eigenvalue weighted by molar-refractivity contribution is 0.0785. The summed E-state index contributed by atoms with van der Waals surface area (Å²) in [6.07, 6.45) is 1.65. The average Bonchev–Trinajstić information content (AvgIpc) is 2.40. The van der Waals surface area contributed by atoms with E-state index in [0.29, 0.717) is 12.1 Å². The van der Waals surface area contributed by atoms with Crippen molar-refractivity contribution in [3.63, 3.8) is 0 Å². The maximum Gasteiger partial charge on any atom is 0.254 e. The first-order valence-corrected chi connectivity index (χ1v) is 6.09. The summed E-state index contributed by atoms with van der Waals surface area (Å²) in [5.41, 5.74) is 8.91. The fraction of sp³-hybridized carbons (Fsp3) is 0.200. The Morgan fingerprint density at radius 1 is 1.26 bits per heavy atom. The second-order valence-electron chi connectivity index (χ2n) is 4.59. The van der Waals surface area contributed by atoms with E-state index in [0.717, 1.165) is 16.9 Å². The Kier molecular flexibility index (Phi) is 3.80. The lowest BCUT2D eigenvalue weighted by atomic mass is 10.1. The summed E-state index contributed by atoms with van der Waals surface area (Å²) in [6.45, 7) is 2.43. The lowest BCUT2D eigenvalue weighted by Crippen LogP contribution is -2.26. The first kappa shape index (κ1) is 13.1. The zero-order valence-corrected chi connectivity index (χ0v) is 11.1. The van der Waals surface area contributed by atoms with Crippen LogP contribution in [0.4, 0.5) is 5.69 Å². The van der Waals surface area contributed by atoms with Gasteiger partial charge in [0.2, 0.25) is 0 Å². The molecule has 2 aromatic rings. The number of benzene rings is 1. The summed E-state index contributed by atoms with van der Waals surface area (Å²) >= 11 is 0. The summed E-state index contributed by atoms with van der Waals surface area (Å²) in [5, 5.41) is 0. The van der Waals surface area contributed by atoms with Crippen molar-refractivity contribution in [2.75, 3.05) is 12.8 Å². The van der Waals surface area contributed by atoms with E-state index in [1.165, 1.54) is 0 Å². The van der Waals surface area contributed by atoms with Gasteiger partial charge < -0.3 is 10.6 Å². The first-order valence-electron chi connectivity index (χ1n) is 6.09. The van der Waals surface area contributed by atoms with Crippen LogP contribution in [0.3, 0.4) is 0 Å². The molecule has 0 aliphatic rings. The van der Waals surface area contributed by atoms with Gasteiger partial charge in [-0.1, -0.05) is 12.1 Å². The monoisotopic (exact) mass is 255 g/mol. The number of hydrogen-bond donors (Lipinski definition) is 1. The van der Waals surface area contributed by atoms with Crippen LogP contribution in [-0.2, 0) is 6.54 Å². The number of nitrogens with two attached hydrogens (primary N) is 1. The van der Waals surface area contributed by atoms with Gasteiger partial charge in [-0.3, -0.25) is 9.78 Å². The van der Waals surface area contributed by atoms with Crippen molar-refractivity contribution in [3.8, 4) is 0 Å². The molecule has 19 heavy (non-hydrogen) atoms. The van der Waals surface area contributed by atoms with Crippen molar-refractivity contribution in [3.05, 3.63) is 59.4 Å². The number of amides is 1. The number of hydrogen-bond acceptors (Lipinski definition) is 3. The van der Waals surface area contributed by atoms with Crippen LogP contribution in [0, 0.1) is 6.92 Å². The lowest BCUT2D eigenvalue weighted by Gasteiger charge is -2.17. The minimum absolute atomic E-state index is 0.0117. The van der Waals surface area contributed by atoms with Gasteiger partial charge in [0.15, 0.2) is 0 Å². The number of aryl methyl sites for hydroxylation is 1. The van der Waals surface area contributed by atoms with E-state index in [1.807, 2.05) is 31.2 Å². The van der Waals surface area contributed by atoms with Crippen LogP contribution in [0.25, 0.3) is 0 Å². The molecule has 4 nitrogen and oxygen atoms in total. The molecule has 1 aromatic carbocycles. The molecule has 0 spiro atoms. The molecule has 0 aliphatic heterocycles. The number of pyridine rings is 1. The number of rotatable bonds is 3. The van der Waals surface area contributed by atoms with Crippen molar-refractivity contribution in [2.24, 2.45) is 0 Å². The van der Waals surface area contributed by atoms with Crippen molar-refractivity contribution in [2.45, 2.75) is 13.5 Å². The Hall–Kier alpha value is -2.36. The van der Waals surface area contributed by atoms with Crippen LogP contribution in [0.2, 0.25) is 0 Å². The van der Waals surface area contributed by atoms with Crippen LogP contribution in [0.5, 0.6) is 0 Å². The summed E-state index contributed by atoms with van der Waals surface area (Å²) in [7, 11) is 1.79. The third kappa shape index (κ3) is 3.31. The molecule has 0 atom stereocenters. The highest BCUT2D eigenvalue weighted by molar-refractivity contribution is 5.94. The molecule has 1 aromatic heterocycles. The molecule has 4 heteroatoms. The molecule has 0 aliphatic carbocycles. The molecule has 1 heterocycles. The second kappa shape index (κ2) is 5.52. The number of nitrogen functional groups attached to an aromatic ring is 1. The van der Waals surface area contributed by atoms with Gasteiger partial charge in [-0.05, 0) is 36.8 Å². The third-order valence-electron chi connectivity index (χ3n) is 2.89. The Bertz CT molecular complexity index is 578. The van der Waals surface area contributed by atoms with Gasteiger partial charge in [0.25, 0.3) is 5.91 Å². The fourth-order valence-corrected chi connectivity index (χ4v) is 1.87. The summed E-state index contributed by atoms with van der Waals surface area (Å²) in [4.78, 5) is 18.0. The first-order chi connectivity index (χ1) is 9.06. The van der Waals surface area contributed by atoms with Gasteiger partial charge in [-0.15, -0.1) is 0 Å². The molecule has 0 saturated carbocycles. The molecular weight excluding hydrogens is 238 g/mol. The number of nitrogens with zero attached hydrogens (tertiary/aromatic N) is 2. The highest BCUT2D eigenvalue weighted by Crippen LogP contribution is 2.10. The Balaban J connectivity index is 2.09. The average molecular weight is 255 g/mol. The van der Waals surface area contributed by atoms with Crippen molar-refractivity contribution >= 4 is 11.6 Å². The maximum absolute atomic E-state index is 12.2. The SMILES string of the molecule is Cc1cc(C(=O)N(C)Cc2ccc(N)cc2)ccn1. The minimum atomic E-state index is -0.0117. The molecule has 0 fully saturated rings. The molecule has 0 bridgehead atoms. The fourth-order valence-electron chi connectivity index (χ4n) is 1.87. The standard InChI is InChI=1S/C15H17N3O/c1-11-9-13(7-8-17-11)15(19)18(2)10-12-3-5-14(16)6-4-12/h3-9H,10,16H2,1-2H3. The largest absolute Gasteiger partial charge is 0.399 e. The maximum atomic E-state index is 12.2. The molecule has 2 N–H and O–H groups in total. The second-order valence-corrected chi connectivity index (χ2v) is 4.59. The number of aromatic nitrogens is 1. The smallest absolute Gasteiger partial charge is 0.254 e. The minimum Gasteiger partial charge on any atom is -0.399 e. The number of carbonyl (C=O) groups excluding carboxylic acids is 1. The molecule has 98 valence electrons. The molecule has 1 amide bonds. The molecule has 0 unspecified atom stereocenters. The van der Waals surface area contributed by atoms with E-state index in [-0.39, 0.29) is 5.91 Å². The number of anilines is 1. The van der Waals surface area contributed by atoms with Gasteiger partial charge in [0.05, 0.1) is 0 Å². The van der Waals surface area contributed by atoms with E-state index in [4.69, 9.17) is 5.73 Å². The summed E-state index contributed by atoms with van der Waals surface area (Å²) in [6, 6.07) is 11.1. The van der Waals surface area contributed by atoms with Crippen molar-refractivity contribution < 1.29 is 4.79 Å². The normalized spacial score (nSPS) is 10.2. The zero-order chi connectivity index (χ0) is 13.8. The van der Waals surface area contributed by atoms with Gasteiger partial charge in [0.1, 0.15) is 0 Å². The van der Waals surface area contributed by atoms with Crippen molar-refractivity contribution in [1.29, 1.82) is 0 Å². The summed E-state index contributed by atoms with van der Waals surface area (Å²) < 4.78 is 0. The predicted molar refractivity (Wildman–Crippen MR) is 75.6 cm³/mol. The van der Waals surface area contributed by atoms with Crippen LogP contribution < -0.4 is 5.73 Å². The van der Waals surface area contributed by atoms with Crippen LogP contribution in [-0.4, -0.2) is 22.8 Å². The summed E-state index contributed by atoms with van der Waals surface area (Å²) in [5.74, 6) is -0.0117. The molecular formula is C15H17N3O. The van der Waals surface area contributed by atoms with Gasteiger partial charge in [-0.2, -0.15) is 0 Å². The van der Waals surface area contributed by atoms with E-state index in [2.05, 4.69) is 4.98 Å². The third-order valence-corrected chi connectivity index (χ3v) is 2.89. The molecule has 0 saturated heterocycles. The van der Waals surface area contributed by atoms with Crippen LogP contribution >= 0.6 is 0 Å².